The summed E-state index contributed by atoms with van der Waals surface area (Å²) in [6.07, 6.45) is 2.54. The van der Waals surface area contributed by atoms with Gasteiger partial charge in [-0.15, -0.1) is 0 Å². The highest BCUT2D eigenvalue weighted by Crippen LogP contribution is 2.16. The lowest BCUT2D eigenvalue weighted by Gasteiger charge is -2.24. The molecule has 0 aromatic heterocycles. The molecule has 108 valence electrons. The van der Waals surface area contributed by atoms with Gasteiger partial charge in [0.15, 0.2) is 0 Å². The van der Waals surface area contributed by atoms with Crippen LogP contribution in [0.1, 0.15) is 12.8 Å². The molecule has 0 saturated heterocycles. The van der Waals surface area contributed by atoms with Crippen molar-refractivity contribution in [3.05, 3.63) is 30.1 Å². The molecule has 0 heterocycles. The molecule has 1 aromatic carbocycles. The second kappa shape index (κ2) is 7.45. The molecule has 4 nitrogen and oxygen atoms in total. The van der Waals surface area contributed by atoms with Crippen molar-refractivity contribution in [1.82, 2.24) is 0 Å². The summed E-state index contributed by atoms with van der Waals surface area (Å²) >= 11 is 0. The Kier molecular flexibility index (Phi) is 6.24. The fourth-order valence-electron chi connectivity index (χ4n) is 1.84. The predicted molar refractivity (Wildman–Crippen MR) is 76.6 cm³/mol. The number of hydrogen-bond donors (Lipinski definition) is 1. The second-order valence-electron chi connectivity index (χ2n) is 4.59. The summed E-state index contributed by atoms with van der Waals surface area (Å²) < 4.78 is 35.5. The summed E-state index contributed by atoms with van der Waals surface area (Å²) in [5, 5.41) is 0. The van der Waals surface area contributed by atoms with Gasteiger partial charge in [0.05, 0.1) is 5.75 Å². The molecule has 0 amide bonds. The maximum Gasteiger partial charge on any atom is 0.147 e. The molecule has 0 atom stereocenters. The first-order valence-electron chi connectivity index (χ1n) is 6.30. The summed E-state index contributed by atoms with van der Waals surface area (Å²) in [4.78, 5) is 1.97. The van der Waals surface area contributed by atoms with E-state index in [4.69, 9.17) is 5.73 Å². The zero-order chi connectivity index (χ0) is 14.3. The molecule has 0 bridgehead atoms. The van der Waals surface area contributed by atoms with Crippen LogP contribution in [0.15, 0.2) is 24.3 Å². The van der Waals surface area contributed by atoms with Crippen molar-refractivity contribution in [2.45, 2.75) is 12.8 Å². The number of nitrogens with two attached hydrogens (primary N) is 1. The van der Waals surface area contributed by atoms with Crippen molar-refractivity contribution in [1.29, 1.82) is 0 Å². The lowest BCUT2D eigenvalue weighted by molar-refractivity contribution is 0.597. The Morgan fingerprint density at radius 2 is 1.95 bits per heavy atom. The average Bonchev–Trinajstić information content (AvgIpc) is 2.32. The fraction of sp³-hybridized carbons (Fsp3) is 0.538. The van der Waals surface area contributed by atoms with E-state index in [9.17, 15) is 12.8 Å². The number of nitrogens with zero attached hydrogens (tertiary/aromatic N) is 1. The standard InChI is InChI=1S/C13H21FN2O2S/c1-19(17,18)10-4-9-16(8-3-7-15)13-6-2-5-12(14)11-13/h2,5-6,11H,3-4,7-10,15H2,1H3. The van der Waals surface area contributed by atoms with Crippen LogP contribution in [0, 0.1) is 5.82 Å². The van der Waals surface area contributed by atoms with Crippen LogP contribution in [0.2, 0.25) is 0 Å². The highest BCUT2D eigenvalue weighted by atomic mass is 32.2. The molecule has 1 rings (SSSR count). The summed E-state index contributed by atoms with van der Waals surface area (Å²) in [5.74, 6) is -0.153. The van der Waals surface area contributed by atoms with E-state index < -0.39 is 9.84 Å². The highest BCUT2D eigenvalue weighted by Gasteiger charge is 2.09. The Bertz CT molecular complexity index is 491. The number of halogens is 1. The topological polar surface area (TPSA) is 63.4 Å². The summed E-state index contributed by atoms with van der Waals surface area (Å²) in [5.41, 5.74) is 6.25. The monoisotopic (exact) mass is 288 g/mol. The minimum Gasteiger partial charge on any atom is -0.371 e. The maximum absolute atomic E-state index is 13.2. The SMILES string of the molecule is CS(=O)(=O)CCCN(CCCN)c1cccc(F)c1. The predicted octanol–water partition coefficient (Wildman–Crippen LogP) is 1.42. The number of anilines is 1. The third-order valence-corrected chi connectivity index (χ3v) is 3.78. The van der Waals surface area contributed by atoms with Gasteiger partial charge in [0.1, 0.15) is 15.7 Å². The smallest absolute Gasteiger partial charge is 0.147 e. The molecule has 0 aliphatic carbocycles. The van der Waals surface area contributed by atoms with Gasteiger partial charge in [-0.3, -0.25) is 0 Å². The molecule has 0 aliphatic heterocycles. The van der Waals surface area contributed by atoms with Crippen LogP contribution in [-0.4, -0.2) is 40.1 Å². The second-order valence-corrected chi connectivity index (χ2v) is 6.85. The summed E-state index contributed by atoms with van der Waals surface area (Å²) in [6, 6.07) is 6.31. The molecule has 0 unspecified atom stereocenters. The first kappa shape index (κ1) is 15.9. The zero-order valence-corrected chi connectivity index (χ0v) is 12.0. The van der Waals surface area contributed by atoms with E-state index in [-0.39, 0.29) is 11.6 Å². The Hall–Kier alpha value is -1.14. The third-order valence-electron chi connectivity index (χ3n) is 2.75. The lowest BCUT2D eigenvalue weighted by Crippen LogP contribution is -2.28. The summed E-state index contributed by atoms with van der Waals surface area (Å²) in [7, 11) is -2.96. The van der Waals surface area contributed by atoms with E-state index >= 15 is 0 Å². The van der Waals surface area contributed by atoms with Gasteiger partial charge in [-0.1, -0.05) is 6.07 Å². The fourth-order valence-corrected chi connectivity index (χ4v) is 2.50. The molecule has 0 saturated carbocycles. The molecular weight excluding hydrogens is 267 g/mol. The summed E-state index contributed by atoms with van der Waals surface area (Å²) in [6.45, 7) is 1.83. The van der Waals surface area contributed by atoms with Crippen LogP contribution in [0.4, 0.5) is 10.1 Å². The molecule has 0 aliphatic rings. The van der Waals surface area contributed by atoms with Crippen LogP contribution in [-0.2, 0) is 9.84 Å². The highest BCUT2D eigenvalue weighted by molar-refractivity contribution is 7.90. The van der Waals surface area contributed by atoms with Crippen molar-refractivity contribution >= 4 is 15.5 Å². The molecule has 0 fully saturated rings. The van der Waals surface area contributed by atoms with Crippen LogP contribution < -0.4 is 10.6 Å². The third kappa shape index (κ3) is 6.54. The lowest BCUT2D eigenvalue weighted by atomic mass is 10.2. The normalized spacial score (nSPS) is 11.5. The minimum atomic E-state index is -2.96. The Morgan fingerprint density at radius 1 is 1.26 bits per heavy atom. The number of benzene rings is 1. The zero-order valence-electron chi connectivity index (χ0n) is 11.2. The van der Waals surface area contributed by atoms with E-state index in [1.807, 2.05) is 11.0 Å². The quantitative estimate of drug-likeness (QED) is 0.785. The Morgan fingerprint density at radius 3 is 2.53 bits per heavy atom. The van der Waals surface area contributed by atoms with Crippen LogP contribution in [0.5, 0.6) is 0 Å². The maximum atomic E-state index is 13.2. The van der Waals surface area contributed by atoms with E-state index in [0.717, 1.165) is 12.1 Å². The van der Waals surface area contributed by atoms with E-state index in [0.29, 0.717) is 26.1 Å². The molecule has 2 N–H and O–H groups in total. The van der Waals surface area contributed by atoms with Crippen molar-refractivity contribution in [2.24, 2.45) is 5.73 Å². The van der Waals surface area contributed by atoms with Gasteiger partial charge < -0.3 is 10.6 Å². The molecule has 19 heavy (non-hydrogen) atoms. The van der Waals surface area contributed by atoms with Crippen LogP contribution in [0.25, 0.3) is 0 Å². The van der Waals surface area contributed by atoms with Gasteiger partial charge in [-0.05, 0) is 37.6 Å². The molecular formula is C13H21FN2O2S. The first-order chi connectivity index (χ1) is 8.92. The Labute approximate surface area is 114 Å². The average molecular weight is 288 g/mol. The van der Waals surface area contributed by atoms with Gasteiger partial charge in [0, 0.05) is 25.0 Å². The van der Waals surface area contributed by atoms with Crippen molar-refractivity contribution < 1.29 is 12.8 Å². The van der Waals surface area contributed by atoms with Crippen molar-refractivity contribution in [3.63, 3.8) is 0 Å². The number of rotatable bonds is 8. The van der Waals surface area contributed by atoms with E-state index in [1.165, 1.54) is 18.4 Å². The van der Waals surface area contributed by atoms with Crippen LogP contribution >= 0.6 is 0 Å². The van der Waals surface area contributed by atoms with Crippen molar-refractivity contribution in [2.75, 3.05) is 36.5 Å². The van der Waals surface area contributed by atoms with Crippen molar-refractivity contribution in [3.8, 4) is 0 Å². The van der Waals surface area contributed by atoms with Gasteiger partial charge in [-0.25, -0.2) is 12.8 Å². The van der Waals surface area contributed by atoms with E-state index in [2.05, 4.69) is 0 Å². The molecule has 0 spiro atoms. The first-order valence-corrected chi connectivity index (χ1v) is 8.37. The molecule has 0 radical (unpaired) electrons. The van der Waals surface area contributed by atoms with Gasteiger partial charge in [-0.2, -0.15) is 0 Å². The molecule has 1 aromatic rings. The van der Waals surface area contributed by atoms with Gasteiger partial charge in [0.2, 0.25) is 0 Å². The molecule has 6 heteroatoms. The van der Waals surface area contributed by atoms with Crippen LogP contribution in [0.3, 0.4) is 0 Å². The Balaban J connectivity index is 2.66. The number of sulfone groups is 1. The van der Waals surface area contributed by atoms with E-state index in [1.54, 1.807) is 6.07 Å². The minimum absolute atomic E-state index is 0.140. The number of hydrogen-bond acceptors (Lipinski definition) is 4. The van der Waals surface area contributed by atoms with Gasteiger partial charge in [0.25, 0.3) is 0 Å². The largest absolute Gasteiger partial charge is 0.371 e. The van der Waals surface area contributed by atoms with Gasteiger partial charge >= 0.3 is 0 Å².